The van der Waals surface area contributed by atoms with Gasteiger partial charge in [0.25, 0.3) is 0 Å². The number of carbonyl (C=O) groups excluding carboxylic acids is 2. The predicted octanol–water partition coefficient (Wildman–Crippen LogP) is 3.06. The smallest absolute Gasteiger partial charge is 0.410 e. The van der Waals surface area contributed by atoms with E-state index in [1.807, 2.05) is 59.1 Å². The number of likely N-dealkylation sites (N-methyl/N-ethyl adjacent to an activating group) is 1. The van der Waals surface area contributed by atoms with Crippen LogP contribution in [0.2, 0.25) is 0 Å². The molecule has 1 aliphatic heterocycles. The summed E-state index contributed by atoms with van der Waals surface area (Å²) in [5.74, 6) is 0.547. The molecule has 0 radical (unpaired) electrons. The highest BCUT2D eigenvalue weighted by Gasteiger charge is 2.31. The van der Waals surface area contributed by atoms with Crippen LogP contribution in [0.15, 0.2) is 24.3 Å². The number of hydrogen-bond acceptors (Lipinski definition) is 5. The van der Waals surface area contributed by atoms with Crippen LogP contribution in [-0.4, -0.2) is 68.2 Å². The maximum Gasteiger partial charge on any atom is 0.410 e. The Morgan fingerprint density at radius 1 is 1.28 bits per heavy atom. The zero-order valence-electron chi connectivity index (χ0n) is 18.5. The summed E-state index contributed by atoms with van der Waals surface area (Å²) in [6, 6.07) is 7.82. The molecule has 2 atom stereocenters. The van der Waals surface area contributed by atoms with Crippen molar-refractivity contribution >= 4 is 12.0 Å². The molecule has 29 heavy (non-hydrogen) atoms. The second-order valence-electron chi connectivity index (χ2n) is 8.73. The van der Waals surface area contributed by atoms with E-state index in [1.54, 1.807) is 12.0 Å². The van der Waals surface area contributed by atoms with E-state index in [9.17, 15) is 9.59 Å². The van der Waals surface area contributed by atoms with Crippen molar-refractivity contribution in [1.29, 1.82) is 0 Å². The van der Waals surface area contributed by atoms with Gasteiger partial charge in [0, 0.05) is 25.2 Å². The van der Waals surface area contributed by atoms with E-state index in [2.05, 4.69) is 10.2 Å². The van der Waals surface area contributed by atoms with E-state index in [0.29, 0.717) is 19.6 Å². The van der Waals surface area contributed by atoms with Crippen LogP contribution in [0.4, 0.5) is 4.79 Å². The van der Waals surface area contributed by atoms with Crippen molar-refractivity contribution in [1.82, 2.24) is 15.1 Å². The molecule has 7 heteroatoms. The van der Waals surface area contributed by atoms with E-state index in [4.69, 9.17) is 9.47 Å². The van der Waals surface area contributed by atoms with E-state index in [0.717, 1.165) is 24.2 Å². The number of piperidine rings is 1. The fourth-order valence-corrected chi connectivity index (χ4v) is 3.54. The molecule has 0 spiro atoms. The lowest BCUT2D eigenvalue weighted by molar-refractivity contribution is -0.126. The number of nitrogens with zero attached hydrogens (tertiary/aromatic N) is 2. The summed E-state index contributed by atoms with van der Waals surface area (Å²) in [6.45, 7) is 7.02. The first kappa shape index (κ1) is 23.0. The first-order chi connectivity index (χ1) is 13.6. The van der Waals surface area contributed by atoms with E-state index in [-0.39, 0.29) is 24.0 Å². The van der Waals surface area contributed by atoms with Gasteiger partial charge in [0.15, 0.2) is 0 Å². The van der Waals surface area contributed by atoms with Crippen LogP contribution in [0.3, 0.4) is 0 Å². The highest BCUT2D eigenvalue weighted by Crippen LogP contribution is 2.27. The predicted molar refractivity (Wildman–Crippen MR) is 113 cm³/mol. The summed E-state index contributed by atoms with van der Waals surface area (Å²) in [6.07, 6.45) is 1.21. The topological polar surface area (TPSA) is 71.1 Å². The molecule has 1 fully saturated rings. The molecule has 1 N–H and O–H groups in total. The van der Waals surface area contributed by atoms with Gasteiger partial charge in [-0.3, -0.25) is 4.79 Å². The number of amides is 2. The summed E-state index contributed by atoms with van der Waals surface area (Å²) < 4.78 is 10.9. The fourth-order valence-electron chi connectivity index (χ4n) is 3.54. The van der Waals surface area contributed by atoms with Crippen molar-refractivity contribution in [2.75, 3.05) is 40.8 Å². The minimum absolute atomic E-state index is 0.0133. The molecule has 0 aromatic heterocycles. The largest absolute Gasteiger partial charge is 0.496 e. The number of benzene rings is 1. The van der Waals surface area contributed by atoms with Gasteiger partial charge in [-0.2, -0.15) is 0 Å². The molecule has 162 valence electrons. The second-order valence-corrected chi connectivity index (χ2v) is 8.73. The third-order valence-electron chi connectivity index (χ3n) is 5.03. The molecular weight excluding hydrogens is 370 g/mol. The summed E-state index contributed by atoms with van der Waals surface area (Å²) >= 11 is 0. The van der Waals surface area contributed by atoms with Crippen LogP contribution < -0.4 is 10.1 Å². The van der Waals surface area contributed by atoms with Gasteiger partial charge in [-0.15, -0.1) is 0 Å². The number of ether oxygens (including phenoxy) is 2. The van der Waals surface area contributed by atoms with Gasteiger partial charge >= 0.3 is 6.09 Å². The molecule has 1 aliphatic rings. The van der Waals surface area contributed by atoms with Gasteiger partial charge in [-0.25, -0.2) is 4.79 Å². The van der Waals surface area contributed by atoms with Gasteiger partial charge < -0.3 is 24.6 Å². The van der Waals surface area contributed by atoms with Crippen LogP contribution in [0.25, 0.3) is 0 Å². The molecule has 2 amide bonds. The van der Waals surface area contributed by atoms with Crippen molar-refractivity contribution in [2.45, 2.75) is 45.3 Å². The molecule has 2 rings (SSSR count). The Morgan fingerprint density at radius 3 is 2.59 bits per heavy atom. The third-order valence-corrected chi connectivity index (χ3v) is 5.03. The minimum Gasteiger partial charge on any atom is -0.496 e. The van der Waals surface area contributed by atoms with E-state index in [1.165, 1.54) is 0 Å². The number of carbonyl (C=O) groups is 2. The standard InChI is InChI=1S/C22H35N3O4/c1-22(2,3)29-21(27)25-13-9-10-16(15-25)20(26)23-14-18(24(4)5)17-11-7-8-12-19(17)28-6/h7-8,11-12,16,18H,9-10,13-15H2,1-6H3,(H,23,26). The Bertz CT molecular complexity index is 700. The van der Waals surface area contributed by atoms with Crippen molar-refractivity contribution in [3.8, 4) is 5.75 Å². The van der Waals surface area contributed by atoms with Crippen LogP contribution in [-0.2, 0) is 9.53 Å². The molecule has 1 heterocycles. The summed E-state index contributed by atoms with van der Waals surface area (Å²) in [5.41, 5.74) is 0.485. The van der Waals surface area contributed by atoms with Crippen LogP contribution in [0.5, 0.6) is 5.75 Å². The Labute approximate surface area is 174 Å². The monoisotopic (exact) mass is 405 g/mol. The van der Waals surface area contributed by atoms with Crippen molar-refractivity contribution in [2.24, 2.45) is 5.92 Å². The Hall–Kier alpha value is -2.28. The van der Waals surface area contributed by atoms with Crippen molar-refractivity contribution < 1.29 is 19.1 Å². The maximum absolute atomic E-state index is 12.8. The number of rotatable bonds is 6. The average molecular weight is 406 g/mol. The third kappa shape index (κ3) is 6.63. The molecule has 1 aromatic carbocycles. The second kappa shape index (κ2) is 9.96. The molecule has 0 saturated carbocycles. The lowest BCUT2D eigenvalue weighted by Crippen LogP contribution is -2.47. The summed E-state index contributed by atoms with van der Waals surface area (Å²) in [4.78, 5) is 28.9. The van der Waals surface area contributed by atoms with Gasteiger partial charge in [0.1, 0.15) is 11.4 Å². The van der Waals surface area contributed by atoms with Gasteiger partial charge in [-0.1, -0.05) is 18.2 Å². The lowest BCUT2D eigenvalue weighted by atomic mass is 9.97. The first-order valence-corrected chi connectivity index (χ1v) is 10.2. The highest BCUT2D eigenvalue weighted by atomic mass is 16.6. The normalized spacial score (nSPS) is 18.3. The Balaban J connectivity index is 1.98. The van der Waals surface area contributed by atoms with Crippen LogP contribution in [0, 0.1) is 5.92 Å². The molecule has 0 aliphatic carbocycles. The average Bonchev–Trinajstić information content (AvgIpc) is 2.67. The van der Waals surface area contributed by atoms with Crippen LogP contribution in [0.1, 0.15) is 45.2 Å². The number of hydrogen-bond donors (Lipinski definition) is 1. The van der Waals surface area contributed by atoms with Gasteiger partial charge in [-0.05, 0) is 53.8 Å². The van der Waals surface area contributed by atoms with Crippen molar-refractivity contribution in [3.63, 3.8) is 0 Å². The molecule has 1 saturated heterocycles. The summed E-state index contributed by atoms with van der Waals surface area (Å²) in [5, 5.41) is 3.08. The first-order valence-electron chi connectivity index (χ1n) is 10.2. The molecule has 1 aromatic rings. The molecule has 7 nitrogen and oxygen atoms in total. The van der Waals surface area contributed by atoms with Gasteiger partial charge in [0.2, 0.25) is 5.91 Å². The molecule has 2 unspecified atom stereocenters. The minimum atomic E-state index is -0.542. The zero-order valence-corrected chi connectivity index (χ0v) is 18.5. The number of likely N-dealkylation sites (tertiary alicyclic amines) is 1. The summed E-state index contributed by atoms with van der Waals surface area (Å²) in [7, 11) is 5.61. The molecule has 0 bridgehead atoms. The zero-order chi connectivity index (χ0) is 21.6. The number of methoxy groups -OCH3 is 1. The van der Waals surface area contributed by atoms with Gasteiger partial charge in [0.05, 0.1) is 19.1 Å². The number of nitrogens with one attached hydrogen (secondary N) is 1. The Kier molecular flexibility index (Phi) is 7.90. The number of para-hydroxylation sites is 1. The fraction of sp³-hybridized carbons (Fsp3) is 0.636. The lowest BCUT2D eigenvalue weighted by Gasteiger charge is -2.34. The maximum atomic E-state index is 12.8. The quantitative estimate of drug-likeness (QED) is 0.788. The SMILES string of the molecule is COc1ccccc1C(CNC(=O)C1CCCN(C(=O)OC(C)(C)C)C1)N(C)C. The highest BCUT2D eigenvalue weighted by molar-refractivity contribution is 5.80. The molecular formula is C22H35N3O4. The Morgan fingerprint density at radius 2 is 1.97 bits per heavy atom. The van der Waals surface area contributed by atoms with Crippen molar-refractivity contribution in [3.05, 3.63) is 29.8 Å². The van der Waals surface area contributed by atoms with E-state index >= 15 is 0 Å². The van der Waals surface area contributed by atoms with E-state index < -0.39 is 5.60 Å². The van der Waals surface area contributed by atoms with Crippen LogP contribution >= 0.6 is 0 Å².